The van der Waals surface area contributed by atoms with Crippen molar-refractivity contribution in [3.63, 3.8) is 0 Å². The number of halogens is 3. The number of aromatic nitrogens is 7. The van der Waals surface area contributed by atoms with E-state index in [1.165, 1.54) is 6.20 Å². The molecule has 0 aliphatic carbocycles. The molecule has 7 rings (SSSR count). The molecule has 2 N–H and O–H groups in total. The molecule has 0 radical (unpaired) electrons. The SMILES string of the molecule is CN1CCN(c2nccc3[nH]c(-c4n[nH]c5ncc(-c6cncc(CN7CCC(F)(F)C7)c6)c(F)c45)nc23)CC1. The lowest BCUT2D eigenvalue weighted by Gasteiger charge is -2.33. The second-order valence-electron chi connectivity index (χ2n) is 10.6. The number of fused-ring (bicyclic) bond motifs is 2. The van der Waals surface area contributed by atoms with E-state index in [0.29, 0.717) is 35.7 Å². The summed E-state index contributed by atoms with van der Waals surface area (Å²) in [5.74, 6) is -2.00. The molecule has 0 amide bonds. The van der Waals surface area contributed by atoms with Crippen LogP contribution in [-0.2, 0) is 6.54 Å². The average Bonchev–Trinajstić information content (AvgIpc) is 3.65. The van der Waals surface area contributed by atoms with Crippen LogP contribution in [0.4, 0.5) is 19.0 Å². The lowest BCUT2D eigenvalue weighted by molar-refractivity contribution is 0.0115. The summed E-state index contributed by atoms with van der Waals surface area (Å²) >= 11 is 0. The Labute approximate surface area is 227 Å². The minimum absolute atomic E-state index is 0.159. The summed E-state index contributed by atoms with van der Waals surface area (Å²) in [5.41, 5.74) is 3.56. The number of nitrogens with zero attached hydrogens (tertiary/aromatic N) is 8. The van der Waals surface area contributed by atoms with Gasteiger partial charge < -0.3 is 14.8 Å². The summed E-state index contributed by atoms with van der Waals surface area (Å²) < 4.78 is 43.4. The monoisotopic (exact) mass is 548 g/mol. The molecule has 0 unspecified atom stereocenters. The highest BCUT2D eigenvalue weighted by molar-refractivity contribution is 5.95. The highest BCUT2D eigenvalue weighted by Gasteiger charge is 2.38. The van der Waals surface area contributed by atoms with E-state index in [1.807, 2.05) is 6.07 Å². The fraction of sp³-hybridized carbons (Fsp3) is 0.370. The first-order chi connectivity index (χ1) is 19.3. The third-order valence-electron chi connectivity index (χ3n) is 7.70. The number of likely N-dealkylation sites (N-methyl/N-ethyl adjacent to an activating group) is 1. The average molecular weight is 549 g/mol. The summed E-state index contributed by atoms with van der Waals surface area (Å²) in [6.07, 6.45) is 6.17. The van der Waals surface area contributed by atoms with Crippen LogP contribution in [0.25, 0.3) is 44.7 Å². The van der Waals surface area contributed by atoms with Gasteiger partial charge in [-0.3, -0.25) is 15.0 Å². The van der Waals surface area contributed by atoms with Gasteiger partial charge in [-0.25, -0.2) is 28.1 Å². The Morgan fingerprint density at radius 2 is 1.90 bits per heavy atom. The van der Waals surface area contributed by atoms with Crippen LogP contribution in [0, 0.1) is 5.82 Å². The van der Waals surface area contributed by atoms with E-state index in [2.05, 4.69) is 47.0 Å². The van der Waals surface area contributed by atoms with Crippen LogP contribution >= 0.6 is 0 Å². The molecule has 0 saturated carbocycles. The maximum absolute atomic E-state index is 16.1. The van der Waals surface area contributed by atoms with Gasteiger partial charge in [-0.2, -0.15) is 5.10 Å². The predicted molar refractivity (Wildman–Crippen MR) is 145 cm³/mol. The summed E-state index contributed by atoms with van der Waals surface area (Å²) in [6.45, 7) is 3.87. The number of piperazine rings is 1. The number of alkyl halides is 2. The molecule has 206 valence electrons. The van der Waals surface area contributed by atoms with Gasteiger partial charge in [-0.15, -0.1) is 0 Å². The topological polar surface area (TPSA) is 106 Å². The molecule has 0 aromatic carbocycles. The number of nitrogens with one attached hydrogen (secondary N) is 2. The van der Waals surface area contributed by atoms with Crippen molar-refractivity contribution >= 4 is 27.9 Å². The standard InChI is InChI=1S/C27H27F3N10/c1-38-6-8-40(9-7-38)26-22-19(2-4-32-26)34-25(35-22)23-20-21(28)18(13-33-24(20)37-36-23)17-10-16(11-31-12-17)14-39-5-3-27(29,30)15-39/h2,4,10-13H,3,5-9,14-15H2,1H3,(H,34,35)(H,33,36,37). The summed E-state index contributed by atoms with van der Waals surface area (Å²) in [6, 6.07) is 3.61. The first kappa shape index (κ1) is 24.9. The van der Waals surface area contributed by atoms with Gasteiger partial charge in [0, 0.05) is 81.6 Å². The molecule has 0 spiro atoms. The van der Waals surface area contributed by atoms with Crippen molar-refractivity contribution in [1.29, 1.82) is 0 Å². The Balaban J connectivity index is 1.24. The molecule has 2 aliphatic heterocycles. The number of anilines is 1. The van der Waals surface area contributed by atoms with Gasteiger partial charge in [0.1, 0.15) is 17.0 Å². The van der Waals surface area contributed by atoms with Crippen molar-refractivity contribution in [2.45, 2.75) is 18.9 Å². The number of likely N-dealkylation sites (tertiary alicyclic amines) is 1. The zero-order chi connectivity index (χ0) is 27.4. The molecule has 5 aromatic heterocycles. The van der Waals surface area contributed by atoms with Crippen LogP contribution < -0.4 is 4.90 Å². The maximum Gasteiger partial charge on any atom is 0.261 e. The van der Waals surface area contributed by atoms with Gasteiger partial charge in [0.05, 0.1) is 17.4 Å². The van der Waals surface area contributed by atoms with E-state index in [4.69, 9.17) is 4.98 Å². The Morgan fingerprint density at radius 3 is 2.70 bits per heavy atom. The van der Waals surface area contributed by atoms with Gasteiger partial charge in [0.2, 0.25) is 0 Å². The van der Waals surface area contributed by atoms with Gasteiger partial charge in [0.15, 0.2) is 17.3 Å². The van der Waals surface area contributed by atoms with Gasteiger partial charge in [-0.1, -0.05) is 0 Å². The zero-order valence-electron chi connectivity index (χ0n) is 21.8. The summed E-state index contributed by atoms with van der Waals surface area (Å²) in [4.78, 5) is 27.5. The summed E-state index contributed by atoms with van der Waals surface area (Å²) in [7, 11) is 2.10. The van der Waals surface area contributed by atoms with Crippen molar-refractivity contribution in [1.82, 2.24) is 44.9 Å². The smallest absolute Gasteiger partial charge is 0.261 e. The predicted octanol–water partition coefficient (Wildman–Crippen LogP) is 3.69. The van der Waals surface area contributed by atoms with E-state index in [0.717, 1.165) is 43.1 Å². The molecular formula is C27H27F3N10. The fourth-order valence-electron chi connectivity index (χ4n) is 5.53. The van der Waals surface area contributed by atoms with Gasteiger partial charge in [0.25, 0.3) is 5.92 Å². The molecule has 40 heavy (non-hydrogen) atoms. The second kappa shape index (κ2) is 9.52. The number of hydrogen-bond donors (Lipinski definition) is 2. The van der Waals surface area contributed by atoms with Crippen LogP contribution in [0.3, 0.4) is 0 Å². The van der Waals surface area contributed by atoms with Crippen molar-refractivity contribution < 1.29 is 13.2 Å². The number of rotatable bonds is 5. The molecule has 2 saturated heterocycles. The van der Waals surface area contributed by atoms with Crippen LogP contribution in [0.5, 0.6) is 0 Å². The molecule has 13 heteroatoms. The third-order valence-corrected chi connectivity index (χ3v) is 7.70. The van der Waals surface area contributed by atoms with E-state index in [9.17, 15) is 8.78 Å². The van der Waals surface area contributed by atoms with E-state index in [1.54, 1.807) is 29.6 Å². The summed E-state index contributed by atoms with van der Waals surface area (Å²) in [5, 5.41) is 7.37. The Bertz CT molecular complexity index is 1710. The number of aromatic amines is 2. The minimum atomic E-state index is -2.68. The van der Waals surface area contributed by atoms with E-state index < -0.39 is 11.7 Å². The molecule has 7 heterocycles. The van der Waals surface area contributed by atoms with Crippen LogP contribution in [0.2, 0.25) is 0 Å². The van der Waals surface area contributed by atoms with Gasteiger partial charge >= 0.3 is 0 Å². The second-order valence-corrected chi connectivity index (χ2v) is 10.6. The number of imidazole rings is 1. The quantitative estimate of drug-likeness (QED) is 0.343. The zero-order valence-corrected chi connectivity index (χ0v) is 21.8. The molecule has 10 nitrogen and oxygen atoms in total. The largest absolute Gasteiger partial charge is 0.352 e. The molecule has 2 aliphatic rings. The Hall–Kier alpha value is -4.10. The number of pyridine rings is 3. The fourth-order valence-corrected chi connectivity index (χ4v) is 5.53. The highest BCUT2D eigenvalue weighted by Crippen LogP contribution is 2.34. The van der Waals surface area contributed by atoms with Crippen LogP contribution in [-0.4, -0.2) is 97.2 Å². The van der Waals surface area contributed by atoms with Crippen LogP contribution in [0.1, 0.15) is 12.0 Å². The maximum atomic E-state index is 16.1. The Morgan fingerprint density at radius 1 is 1.05 bits per heavy atom. The van der Waals surface area contributed by atoms with E-state index in [-0.39, 0.29) is 29.6 Å². The van der Waals surface area contributed by atoms with E-state index >= 15 is 4.39 Å². The highest BCUT2D eigenvalue weighted by atomic mass is 19.3. The minimum Gasteiger partial charge on any atom is -0.352 e. The first-order valence-electron chi connectivity index (χ1n) is 13.2. The first-order valence-corrected chi connectivity index (χ1v) is 13.2. The van der Waals surface area contributed by atoms with Crippen molar-refractivity contribution in [2.24, 2.45) is 0 Å². The molecular weight excluding hydrogens is 521 g/mol. The Kier molecular flexibility index (Phi) is 5.93. The molecule has 0 atom stereocenters. The molecule has 0 bridgehead atoms. The van der Waals surface area contributed by atoms with Crippen molar-refractivity contribution in [3.8, 4) is 22.6 Å². The number of hydrogen-bond acceptors (Lipinski definition) is 8. The molecule has 5 aromatic rings. The lowest BCUT2D eigenvalue weighted by Crippen LogP contribution is -2.44. The molecule has 2 fully saturated rings. The van der Waals surface area contributed by atoms with Gasteiger partial charge in [-0.05, 0) is 24.7 Å². The third kappa shape index (κ3) is 4.44. The van der Waals surface area contributed by atoms with Crippen molar-refractivity contribution in [3.05, 3.63) is 48.3 Å². The normalized spacial score (nSPS) is 18.4. The van der Waals surface area contributed by atoms with Crippen molar-refractivity contribution in [2.75, 3.05) is 51.2 Å². The lowest BCUT2D eigenvalue weighted by atomic mass is 10.0. The van der Waals surface area contributed by atoms with Crippen LogP contribution in [0.15, 0.2) is 36.9 Å². The number of H-pyrrole nitrogens is 2.